The first-order valence-electron chi connectivity index (χ1n) is 5.59. The molecule has 1 nitrogen and oxygen atoms in total. The summed E-state index contributed by atoms with van der Waals surface area (Å²) in [6.07, 6.45) is -1.04. The minimum Gasteiger partial charge on any atom is -0.508 e. The highest BCUT2D eigenvalue weighted by Gasteiger charge is 2.30. The zero-order valence-corrected chi connectivity index (χ0v) is 9.85. The van der Waals surface area contributed by atoms with Gasteiger partial charge in [-0.25, -0.2) is 0 Å². The number of rotatable bonds is 2. The van der Waals surface area contributed by atoms with Crippen LogP contribution < -0.4 is 0 Å². The van der Waals surface area contributed by atoms with Gasteiger partial charge in [-0.1, -0.05) is 36.4 Å². The predicted molar refractivity (Wildman–Crippen MR) is 68.5 cm³/mol. The summed E-state index contributed by atoms with van der Waals surface area (Å²) in [5.41, 5.74) is 0.610. The van der Waals surface area contributed by atoms with Crippen molar-refractivity contribution in [3.8, 4) is 5.75 Å². The van der Waals surface area contributed by atoms with E-state index in [4.69, 9.17) is 5.11 Å². The van der Waals surface area contributed by atoms with Gasteiger partial charge in [-0.15, -0.1) is 0 Å². The van der Waals surface area contributed by atoms with E-state index in [-0.39, 0.29) is 5.75 Å². The number of phenols is 1. The number of halogens is 3. The van der Waals surface area contributed by atoms with Crippen LogP contribution in [0.2, 0.25) is 0 Å². The summed E-state index contributed by atoms with van der Waals surface area (Å²) in [6.45, 7) is 0. The Kier molecular flexibility index (Phi) is 3.60. The monoisotopic (exact) mass is 264 g/mol. The van der Waals surface area contributed by atoms with Crippen molar-refractivity contribution in [3.05, 3.63) is 65.2 Å². The molecular weight excluding hydrogens is 253 g/mol. The molecule has 0 aromatic heterocycles. The molecule has 0 saturated heterocycles. The van der Waals surface area contributed by atoms with E-state index in [0.717, 1.165) is 17.7 Å². The van der Waals surface area contributed by atoms with E-state index in [1.807, 2.05) is 0 Å². The normalized spacial score (nSPS) is 11.9. The van der Waals surface area contributed by atoms with Crippen molar-refractivity contribution in [1.82, 2.24) is 0 Å². The van der Waals surface area contributed by atoms with Gasteiger partial charge in [0.25, 0.3) is 0 Å². The van der Waals surface area contributed by atoms with Gasteiger partial charge in [0.1, 0.15) is 5.75 Å². The zero-order chi connectivity index (χ0) is 13.9. The fraction of sp³-hybridized carbons (Fsp3) is 0.0667. The van der Waals surface area contributed by atoms with E-state index in [2.05, 4.69) is 0 Å². The van der Waals surface area contributed by atoms with Crippen molar-refractivity contribution in [2.24, 2.45) is 0 Å². The van der Waals surface area contributed by atoms with E-state index in [1.54, 1.807) is 30.4 Å². The first-order chi connectivity index (χ1) is 8.95. The van der Waals surface area contributed by atoms with Gasteiger partial charge in [0.05, 0.1) is 5.56 Å². The maximum absolute atomic E-state index is 12.5. The van der Waals surface area contributed by atoms with Gasteiger partial charge < -0.3 is 5.11 Å². The molecule has 2 rings (SSSR count). The van der Waals surface area contributed by atoms with Crippen molar-refractivity contribution in [3.63, 3.8) is 0 Å². The van der Waals surface area contributed by atoms with Gasteiger partial charge in [0, 0.05) is 0 Å². The maximum Gasteiger partial charge on any atom is 0.416 e. The summed E-state index contributed by atoms with van der Waals surface area (Å²) >= 11 is 0. The molecule has 0 atom stereocenters. The fourth-order valence-corrected chi connectivity index (χ4v) is 1.60. The largest absolute Gasteiger partial charge is 0.508 e. The molecule has 0 saturated carbocycles. The summed E-state index contributed by atoms with van der Waals surface area (Å²) in [6, 6.07) is 11.5. The van der Waals surface area contributed by atoms with Crippen molar-refractivity contribution >= 4 is 12.2 Å². The van der Waals surface area contributed by atoms with Crippen LogP contribution in [0.1, 0.15) is 16.7 Å². The maximum atomic E-state index is 12.5. The molecule has 0 fully saturated rings. The van der Waals surface area contributed by atoms with Crippen molar-refractivity contribution < 1.29 is 18.3 Å². The number of alkyl halides is 3. The first-order valence-corrected chi connectivity index (χ1v) is 5.59. The Morgan fingerprint density at radius 1 is 0.842 bits per heavy atom. The predicted octanol–water partition coefficient (Wildman–Crippen LogP) is 4.58. The summed E-state index contributed by atoms with van der Waals surface area (Å²) in [5.74, 6) is 0.149. The Morgan fingerprint density at radius 2 is 1.47 bits per heavy atom. The molecule has 0 aliphatic heterocycles. The topological polar surface area (TPSA) is 20.2 Å². The van der Waals surface area contributed by atoms with Crippen LogP contribution in [0.15, 0.2) is 48.5 Å². The highest BCUT2D eigenvalue weighted by Crippen LogP contribution is 2.29. The zero-order valence-electron chi connectivity index (χ0n) is 9.85. The van der Waals surface area contributed by atoms with Crippen LogP contribution in [0.4, 0.5) is 13.2 Å². The number of phenolic OH excluding ortho intramolecular Hbond substituents is 1. The molecule has 0 amide bonds. The second-order valence-corrected chi connectivity index (χ2v) is 4.05. The van der Waals surface area contributed by atoms with Crippen LogP contribution in [0, 0.1) is 0 Å². The third kappa shape index (κ3) is 3.61. The highest BCUT2D eigenvalue weighted by atomic mass is 19.4. The second-order valence-electron chi connectivity index (χ2n) is 4.05. The number of hydrogen-bond donors (Lipinski definition) is 1. The highest BCUT2D eigenvalue weighted by molar-refractivity contribution is 5.70. The van der Waals surface area contributed by atoms with E-state index >= 15 is 0 Å². The number of hydrogen-bond acceptors (Lipinski definition) is 1. The molecule has 0 spiro atoms. The van der Waals surface area contributed by atoms with E-state index in [1.165, 1.54) is 18.2 Å². The Labute approximate surface area is 108 Å². The average molecular weight is 264 g/mol. The molecule has 2 aromatic carbocycles. The molecule has 19 heavy (non-hydrogen) atoms. The standard InChI is InChI=1S/C15H11F3O/c16-15(17,18)13-3-1-2-12(10-13)5-4-11-6-8-14(19)9-7-11/h1-10,19H/b5-4+. The Hall–Kier alpha value is -2.23. The van der Waals surface area contributed by atoms with Gasteiger partial charge >= 0.3 is 6.18 Å². The third-order valence-corrected chi connectivity index (χ3v) is 2.58. The fourth-order valence-electron chi connectivity index (χ4n) is 1.60. The number of benzene rings is 2. The molecule has 2 aromatic rings. The van der Waals surface area contributed by atoms with Crippen molar-refractivity contribution in [1.29, 1.82) is 0 Å². The van der Waals surface area contributed by atoms with E-state index in [0.29, 0.717) is 5.56 Å². The Bertz CT molecular complexity index is 583. The summed E-state index contributed by atoms with van der Waals surface area (Å²) in [4.78, 5) is 0. The molecule has 0 aliphatic carbocycles. The lowest BCUT2D eigenvalue weighted by atomic mass is 10.1. The molecule has 4 heteroatoms. The van der Waals surface area contributed by atoms with Crippen LogP contribution in [0.3, 0.4) is 0 Å². The first kappa shape index (κ1) is 13.2. The van der Waals surface area contributed by atoms with Gasteiger partial charge in [-0.3, -0.25) is 0 Å². The lowest BCUT2D eigenvalue weighted by Crippen LogP contribution is -2.04. The minimum absolute atomic E-state index is 0.149. The van der Waals surface area contributed by atoms with E-state index < -0.39 is 11.7 Å². The average Bonchev–Trinajstić information content (AvgIpc) is 2.37. The van der Waals surface area contributed by atoms with E-state index in [9.17, 15) is 13.2 Å². The molecule has 0 unspecified atom stereocenters. The smallest absolute Gasteiger partial charge is 0.416 e. The molecular formula is C15H11F3O. The lowest BCUT2D eigenvalue weighted by Gasteiger charge is -2.06. The van der Waals surface area contributed by atoms with Crippen molar-refractivity contribution in [2.75, 3.05) is 0 Å². The number of aromatic hydroxyl groups is 1. The molecule has 0 heterocycles. The summed E-state index contributed by atoms with van der Waals surface area (Å²) < 4.78 is 37.6. The van der Waals surface area contributed by atoms with Gasteiger partial charge in [0.2, 0.25) is 0 Å². The Balaban J connectivity index is 2.21. The third-order valence-electron chi connectivity index (χ3n) is 2.58. The van der Waals surface area contributed by atoms with Crippen molar-refractivity contribution in [2.45, 2.75) is 6.18 Å². The van der Waals surface area contributed by atoms with Crippen LogP contribution in [0.25, 0.3) is 12.2 Å². The minimum atomic E-state index is -4.33. The summed E-state index contributed by atoms with van der Waals surface area (Å²) in [7, 11) is 0. The molecule has 0 bridgehead atoms. The van der Waals surface area contributed by atoms with Crippen LogP contribution in [-0.2, 0) is 6.18 Å². The SMILES string of the molecule is Oc1ccc(/C=C/c2cccc(C(F)(F)F)c2)cc1. The molecule has 98 valence electrons. The van der Waals surface area contributed by atoms with Gasteiger partial charge in [0.15, 0.2) is 0 Å². The second kappa shape index (κ2) is 5.18. The summed E-state index contributed by atoms with van der Waals surface area (Å²) in [5, 5.41) is 9.12. The molecule has 1 N–H and O–H groups in total. The quantitative estimate of drug-likeness (QED) is 0.787. The van der Waals surface area contributed by atoms with Gasteiger partial charge in [-0.2, -0.15) is 13.2 Å². The van der Waals surface area contributed by atoms with Crippen LogP contribution in [0.5, 0.6) is 5.75 Å². The van der Waals surface area contributed by atoms with Gasteiger partial charge in [-0.05, 0) is 35.4 Å². The van der Waals surface area contributed by atoms with Crippen LogP contribution in [-0.4, -0.2) is 5.11 Å². The van der Waals surface area contributed by atoms with Crippen LogP contribution >= 0.6 is 0 Å². The molecule has 0 radical (unpaired) electrons. The Morgan fingerprint density at radius 3 is 2.11 bits per heavy atom. The lowest BCUT2D eigenvalue weighted by molar-refractivity contribution is -0.137. The molecule has 0 aliphatic rings.